The molecule has 26 heavy (non-hydrogen) atoms. The molecule has 0 saturated heterocycles. The lowest BCUT2D eigenvalue weighted by Crippen LogP contribution is -2.00. The first-order valence-electron chi connectivity index (χ1n) is 8.27. The Morgan fingerprint density at radius 2 is 1.85 bits per heavy atom. The highest BCUT2D eigenvalue weighted by Gasteiger charge is 2.17. The van der Waals surface area contributed by atoms with E-state index < -0.39 is 0 Å². The molecule has 0 bridgehead atoms. The Balaban J connectivity index is 1.72. The van der Waals surface area contributed by atoms with Crippen molar-refractivity contribution in [1.29, 1.82) is 0 Å². The van der Waals surface area contributed by atoms with E-state index in [0.29, 0.717) is 11.5 Å². The molecule has 6 heteroatoms. The van der Waals surface area contributed by atoms with Crippen LogP contribution in [-0.2, 0) is 5.75 Å². The maximum atomic E-state index is 4.41. The number of para-hydroxylation sites is 1. The fourth-order valence-corrected chi connectivity index (χ4v) is 3.60. The van der Waals surface area contributed by atoms with Crippen molar-refractivity contribution in [2.24, 2.45) is 0 Å². The van der Waals surface area contributed by atoms with Crippen molar-refractivity contribution in [3.05, 3.63) is 84.3 Å². The summed E-state index contributed by atoms with van der Waals surface area (Å²) in [6.07, 6.45) is 5.03. The summed E-state index contributed by atoms with van der Waals surface area (Å²) in [6, 6.07) is 18.6. The molecule has 0 radical (unpaired) electrons. The van der Waals surface area contributed by atoms with Crippen LogP contribution in [0, 0.1) is 6.92 Å². The molecule has 2 aromatic heterocycles. The van der Waals surface area contributed by atoms with Crippen LogP contribution in [0.1, 0.15) is 11.1 Å². The average molecular weight is 359 g/mol. The molecule has 4 aromatic rings. The molecule has 2 heterocycles. The van der Waals surface area contributed by atoms with Gasteiger partial charge in [0, 0.05) is 23.8 Å². The number of benzene rings is 2. The summed E-state index contributed by atoms with van der Waals surface area (Å²) in [4.78, 5) is 8.54. The fourth-order valence-electron chi connectivity index (χ4n) is 2.70. The van der Waals surface area contributed by atoms with Crippen molar-refractivity contribution >= 4 is 11.8 Å². The van der Waals surface area contributed by atoms with Crippen molar-refractivity contribution in [2.75, 3.05) is 0 Å². The van der Waals surface area contributed by atoms with Gasteiger partial charge in [0.2, 0.25) is 0 Å². The molecule has 0 aliphatic rings. The number of rotatable bonds is 5. The minimum Gasteiger partial charge on any atom is -0.269 e. The maximum absolute atomic E-state index is 4.41. The van der Waals surface area contributed by atoms with E-state index in [-0.39, 0.29) is 0 Å². The molecule has 2 aromatic carbocycles. The number of hydrogen-bond donors (Lipinski definition) is 0. The standard InChI is InChI=1S/C20H17N5S/c1-15-6-5-7-16(12-15)14-26-20-24-23-19(18-13-21-10-11-22-18)25(20)17-8-3-2-4-9-17/h2-13H,14H2,1H3. The van der Waals surface area contributed by atoms with Crippen LogP contribution in [-0.4, -0.2) is 24.7 Å². The first-order chi connectivity index (χ1) is 12.8. The number of thioether (sulfide) groups is 1. The van der Waals surface area contributed by atoms with Gasteiger partial charge in [-0.2, -0.15) is 0 Å². The first kappa shape index (κ1) is 16.5. The summed E-state index contributed by atoms with van der Waals surface area (Å²) < 4.78 is 2.03. The Kier molecular flexibility index (Phi) is 4.75. The Bertz CT molecular complexity index is 999. The second kappa shape index (κ2) is 7.49. The summed E-state index contributed by atoms with van der Waals surface area (Å²) >= 11 is 1.66. The quantitative estimate of drug-likeness (QED) is 0.497. The summed E-state index contributed by atoms with van der Waals surface area (Å²) in [5.74, 6) is 1.52. The highest BCUT2D eigenvalue weighted by molar-refractivity contribution is 7.98. The SMILES string of the molecule is Cc1cccc(CSc2nnc(-c3cnccn3)n2-c2ccccc2)c1. The van der Waals surface area contributed by atoms with E-state index >= 15 is 0 Å². The van der Waals surface area contributed by atoms with Crippen LogP contribution in [0.4, 0.5) is 0 Å². The van der Waals surface area contributed by atoms with Crippen molar-refractivity contribution in [3.8, 4) is 17.2 Å². The number of aromatic nitrogens is 5. The third-order valence-corrected chi connectivity index (χ3v) is 4.89. The monoisotopic (exact) mass is 359 g/mol. The van der Waals surface area contributed by atoms with Crippen molar-refractivity contribution in [1.82, 2.24) is 24.7 Å². The fraction of sp³-hybridized carbons (Fsp3) is 0.100. The lowest BCUT2D eigenvalue weighted by molar-refractivity contribution is 0.884. The van der Waals surface area contributed by atoms with Crippen LogP contribution in [0.15, 0.2) is 78.3 Å². The molecule has 0 spiro atoms. The van der Waals surface area contributed by atoms with Gasteiger partial charge in [0.1, 0.15) is 5.69 Å². The van der Waals surface area contributed by atoms with E-state index in [0.717, 1.165) is 16.6 Å². The largest absolute Gasteiger partial charge is 0.269 e. The Hall–Kier alpha value is -2.99. The molecule has 0 aliphatic heterocycles. The van der Waals surface area contributed by atoms with Crippen LogP contribution < -0.4 is 0 Å². The third-order valence-electron chi connectivity index (χ3n) is 3.89. The molecule has 0 amide bonds. The predicted octanol–water partition coefficient (Wildman–Crippen LogP) is 4.33. The topological polar surface area (TPSA) is 56.5 Å². The zero-order valence-electron chi connectivity index (χ0n) is 14.3. The van der Waals surface area contributed by atoms with E-state index in [4.69, 9.17) is 0 Å². The first-order valence-corrected chi connectivity index (χ1v) is 9.25. The van der Waals surface area contributed by atoms with Crippen LogP contribution in [0.5, 0.6) is 0 Å². The van der Waals surface area contributed by atoms with Gasteiger partial charge in [0.15, 0.2) is 11.0 Å². The molecular weight excluding hydrogens is 342 g/mol. The molecular formula is C20H17N5S. The van der Waals surface area contributed by atoms with Gasteiger partial charge in [-0.05, 0) is 24.6 Å². The summed E-state index contributed by atoms with van der Waals surface area (Å²) in [5.41, 5.74) is 4.22. The van der Waals surface area contributed by atoms with E-state index in [1.807, 2.05) is 34.9 Å². The Morgan fingerprint density at radius 3 is 2.62 bits per heavy atom. The molecule has 0 saturated carbocycles. The Morgan fingerprint density at radius 1 is 0.962 bits per heavy atom. The molecule has 0 unspecified atom stereocenters. The highest BCUT2D eigenvalue weighted by atomic mass is 32.2. The van der Waals surface area contributed by atoms with E-state index in [1.165, 1.54) is 11.1 Å². The normalized spacial score (nSPS) is 10.8. The van der Waals surface area contributed by atoms with Crippen molar-refractivity contribution < 1.29 is 0 Å². The van der Waals surface area contributed by atoms with Gasteiger partial charge in [0.25, 0.3) is 0 Å². The minimum absolute atomic E-state index is 0.691. The van der Waals surface area contributed by atoms with Gasteiger partial charge in [-0.1, -0.05) is 59.8 Å². The van der Waals surface area contributed by atoms with Crippen LogP contribution in [0.25, 0.3) is 17.2 Å². The molecule has 0 fully saturated rings. The smallest absolute Gasteiger partial charge is 0.196 e. The predicted molar refractivity (Wildman–Crippen MR) is 103 cm³/mol. The summed E-state index contributed by atoms with van der Waals surface area (Å²) in [5, 5.41) is 9.63. The van der Waals surface area contributed by atoms with E-state index in [2.05, 4.69) is 51.4 Å². The number of hydrogen-bond acceptors (Lipinski definition) is 5. The van der Waals surface area contributed by atoms with Gasteiger partial charge in [-0.3, -0.25) is 9.55 Å². The summed E-state index contributed by atoms with van der Waals surface area (Å²) in [6.45, 7) is 2.10. The van der Waals surface area contributed by atoms with Gasteiger partial charge in [-0.15, -0.1) is 10.2 Å². The van der Waals surface area contributed by atoms with Crippen LogP contribution in [0.3, 0.4) is 0 Å². The van der Waals surface area contributed by atoms with E-state index in [1.54, 1.807) is 30.4 Å². The molecule has 0 aliphatic carbocycles. The lowest BCUT2D eigenvalue weighted by atomic mass is 10.2. The maximum Gasteiger partial charge on any atom is 0.196 e. The van der Waals surface area contributed by atoms with Gasteiger partial charge >= 0.3 is 0 Å². The third kappa shape index (κ3) is 3.50. The minimum atomic E-state index is 0.691. The average Bonchev–Trinajstić information content (AvgIpc) is 3.12. The number of aryl methyl sites for hydroxylation is 1. The van der Waals surface area contributed by atoms with Gasteiger partial charge in [0.05, 0.1) is 6.20 Å². The molecule has 0 atom stereocenters. The second-order valence-corrected chi connectivity index (χ2v) is 6.79. The van der Waals surface area contributed by atoms with E-state index in [9.17, 15) is 0 Å². The zero-order valence-corrected chi connectivity index (χ0v) is 15.1. The highest BCUT2D eigenvalue weighted by Crippen LogP contribution is 2.28. The van der Waals surface area contributed by atoms with Gasteiger partial charge in [-0.25, -0.2) is 4.98 Å². The van der Waals surface area contributed by atoms with Crippen molar-refractivity contribution in [3.63, 3.8) is 0 Å². The Labute approximate surface area is 156 Å². The molecule has 5 nitrogen and oxygen atoms in total. The lowest BCUT2D eigenvalue weighted by Gasteiger charge is -2.10. The van der Waals surface area contributed by atoms with Crippen LogP contribution >= 0.6 is 11.8 Å². The second-order valence-electron chi connectivity index (χ2n) is 5.85. The van der Waals surface area contributed by atoms with Crippen molar-refractivity contribution in [2.45, 2.75) is 17.8 Å². The van der Waals surface area contributed by atoms with Crippen LogP contribution in [0.2, 0.25) is 0 Å². The zero-order chi connectivity index (χ0) is 17.8. The van der Waals surface area contributed by atoms with Gasteiger partial charge < -0.3 is 0 Å². The summed E-state index contributed by atoms with van der Waals surface area (Å²) in [7, 11) is 0. The molecule has 4 rings (SSSR count). The molecule has 128 valence electrons. The molecule has 0 N–H and O–H groups in total. The number of nitrogens with zero attached hydrogens (tertiary/aromatic N) is 5.